The quantitative estimate of drug-likeness (QED) is 0.776. The Morgan fingerprint density at radius 3 is 2.43 bits per heavy atom. The van der Waals surface area contributed by atoms with Crippen molar-refractivity contribution in [2.75, 3.05) is 0 Å². The predicted octanol–water partition coefficient (Wildman–Crippen LogP) is 3.07. The lowest BCUT2D eigenvalue weighted by molar-refractivity contribution is 0.1000. The van der Waals surface area contributed by atoms with Gasteiger partial charge in [0.1, 0.15) is 5.75 Å². The summed E-state index contributed by atoms with van der Waals surface area (Å²) in [6.07, 6.45) is 0. The van der Waals surface area contributed by atoms with E-state index >= 15 is 0 Å². The molecule has 3 rings (SSSR count). The van der Waals surface area contributed by atoms with Crippen molar-refractivity contribution in [3.05, 3.63) is 65.0 Å². The number of amides is 1. The molecule has 0 aliphatic rings. The van der Waals surface area contributed by atoms with Gasteiger partial charge in [-0.3, -0.25) is 4.79 Å². The van der Waals surface area contributed by atoms with E-state index in [0.29, 0.717) is 28.1 Å². The second-order valence-corrected chi connectivity index (χ2v) is 5.12. The van der Waals surface area contributed by atoms with Crippen molar-refractivity contribution in [2.24, 2.45) is 5.73 Å². The first kappa shape index (κ1) is 15.1. The summed E-state index contributed by atoms with van der Waals surface area (Å²) in [7, 11) is 0. The maximum Gasteiger partial charge on any atom is 0.254 e. The van der Waals surface area contributed by atoms with Gasteiger partial charge in [-0.25, -0.2) is 0 Å². The topological polar surface area (TPSA) is 91.2 Å². The Morgan fingerprint density at radius 1 is 1.09 bits per heavy atom. The lowest BCUT2D eigenvalue weighted by Gasteiger charge is -2.03. The highest BCUT2D eigenvalue weighted by molar-refractivity contribution is 6.30. The maximum absolute atomic E-state index is 11.0. The third-order valence-electron chi connectivity index (χ3n) is 3.06. The SMILES string of the molecule is NC(=O)c1ccc(OCc2nnc(-c3ccc(Cl)cc3)o2)cc1. The summed E-state index contributed by atoms with van der Waals surface area (Å²) in [5, 5.41) is 8.53. The first-order valence-electron chi connectivity index (χ1n) is 6.73. The van der Waals surface area contributed by atoms with Gasteiger partial charge in [0.25, 0.3) is 5.89 Å². The van der Waals surface area contributed by atoms with Crippen molar-refractivity contribution in [2.45, 2.75) is 6.61 Å². The minimum atomic E-state index is -0.485. The first-order chi connectivity index (χ1) is 11.1. The Labute approximate surface area is 136 Å². The number of halogens is 1. The maximum atomic E-state index is 11.0. The van der Waals surface area contributed by atoms with Crippen molar-refractivity contribution in [1.29, 1.82) is 0 Å². The predicted molar refractivity (Wildman–Crippen MR) is 84.0 cm³/mol. The van der Waals surface area contributed by atoms with Crippen LogP contribution in [0.25, 0.3) is 11.5 Å². The van der Waals surface area contributed by atoms with Gasteiger partial charge in [0.2, 0.25) is 11.8 Å². The standard InChI is InChI=1S/C16H12ClN3O3/c17-12-5-1-11(2-6-12)16-20-19-14(23-16)9-22-13-7-3-10(4-8-13)15(18)21/h1-8H,9H2,(H2,18,21). The zero-order valence-electron chi connectivity index (χ0n) is 11.9. The smallest absolute Gasteiger partial charge is 0.254 e. The Kier molecular flexibility index (Phi) is 4.25. The van der Waals surface area contributed by atoms with Crippen LogP contribution in [0.4, 0.5) is 0 Å². The molecule has 7 heteroatoms. The first-order valence-corrected chi connectivity index (χ1v) is 7.10. The minimum absolute atomic E-state index is 0.122. The van der Waals surface area contributed by atoms with E-state index in [0.717, 1.165) is 5.56 Å². The van der Waals surface area contributed by atoms with E-state index < -0.39 is 5.91 Å². The second kappa shape index (κ2) is 6.50. The molecule has 1 aromatic heterocycles. The van der Waals surface area contributed by atoms with Gasteiger partial charge in [-0.1, -0.05) is 11.6 Å². The van der Waals surface area contributed by atoms with Crippen molar-refractivity contribution in [3.8, 4) is 17.2 Å². The number of primary amides is 1. The monoisotopic (exact) mass is 329 g/mol. The molecule has 1 amide bonds. The number of hydrogen-bond donors (Lipinski definition) is 1. The largest absolute Gasteiger partial charge is 0.484 e. The number of benzene rings is 2. The molecule has 0 saturated heterocycles. The lowest BCUT2D eigenvalue weighted by atomic mass is 10.2. The molecule has 2 N–H and O–H groups in total. The number of nitrogens with two attached hydrogens (primary N) is 1. The molecular weight excluding hydrogens is 318 g/mol. The summed E-state index contributed by atoms with van der Waals surface area (Å²) in [6.45, 7) is 0.122. The van der Waals surface area contributed by atoms with Gasteiger partial charge in [-0.2, -0.15) is 0 Å². The van der Waals surface area contributed by atoms with Crippen LogP contribution in [-0.2, 0) is 6.61 Å². The molecule has 0 aliphatic heterocycles. The molecular formula is C16H12ClN3O3. The lowest BCUT2D eigenvalue weighted by Crippen LogP contribution is -2.10. The molecule has 3 aromatic rings. The number of ether oxygens (including phenoxy) is 1. The van der Waals surface area contributed by atoms with E-state index in [-0.39, 0.29) is 6.61 Å². The Balaban J connectivity index is 1.65. The molecule has 0 bridgehead atoms. The minimum Gasteiger partial charge on any atom is -0.484 e. The van der Waals surface area contributed by atoms with E-state index in [2.05, 4.69) is 10.2 Å². The van der Waals surface area contributed by atoms with Crippen LogP contribution < -0.4 is 10.5 Å². The number of rotatable bonds is 5. The average Bonchev–Trinajstić information content (AvgIpc) is 3.03. The molecule has 0 atom stereocenters. The van der Waals surface area contributed by atoms with Crippen LogP contribution in [0.15, 0.2) is 52.9 Å². The Morgan fingerprint density at radius 2 is 1.78 bits per heavy atom. The van der Waals surface area contributed by atoms with Crippen molar-refractivity contribution >= 4 is 17.5 Å². The van der Waals surface area contributed by atoms with Crippen molar-refractivity contribution in [3.63, 3.8) is 0 Å². The highest BCUT2D eigenvalue weighted by Gasteiger charge is 2.09. The highest BCUT2D eigenvalue weighted by Crippen LogP contribution is 2.21. The Hall–Kier alpha value is -2.86. The fourth-order valence-corrected chi connectivity index (χ4v) is 2.01. The molecule has 0 aliphatic carbocycles. The second-order valence-electron chi connectivity index (χ2n) is 4.69. The average molecular weight is 330 g/mol. The molecule has 0 radical (unpaired) electrons. The van der Waals surface area contributed by atoms with Crippen LogP contribution in [0.3, 0.4) is 0 Å². The third kappa shape index (κ3) is 3.67. The number of carbonyl (C=O) groups excluding carboxylic acids is 1. The molecule has 0 saturated carbocycles. The number of hydrogen-bond acceptors (Lipinski definition) is 5. The van der Waals surface area contributed by atoms with Crippen molar-refractivity contribution < 1.29 is 13.9 Å². The van der Waals surface area contributed by atoms with Crippen LogP contribution in [-0.4, -0.2) is 16.1 Å². The molecule has 23 heavy (non-hydrogen) atoms. The molecule has 6 nitrogen and oxygen atoms in total. The van der Waals surface area contributed by atoms with Crippen LogP contribution in [0.1, 0.15) is 16.2 Å². The zero-order valence-corrected chi connectivity index (χ0v) is 12.7. The van der Waals surface area contributed by atoms with Crippen LogP contribution in [0.2, 0.25) is 5.02 Å². The summed E-state index contributed by atoms with van der Waals surface area (Å²) in [6, 6.07) is 13.6. The van der Waals surface area contributed by atoms with Gasteiger partial charge >= 0.3 is 0 Å². The van der Waals surface area contributed by atoms with E-state index in [1.165, 1.54) is 0 Å². The van der Waals surface area contributed by atoms with Gasteiger partial charge in [0.05, 0.1) is 0 Å². The van der Waals surface area contributed by atoms with Gasteiger partial charge in [0, 0.05) is 16.1 Å². The van der Waals surface area contributed by atoms with Crippen molar-refractivity contribution in [1.82, 2.24) is 10.2 Å². The van der Waals surface area contributed by atoms with Gasteiger partial charge < -0.3 is 14.9 Å². The zero-order chi connectivity index (χ0) is 16.2. The number of aromatic nitrogens is 2. The molecule has 116 valence electrons. The number of carbonyl (C=O) groups is 1. The normalized spacial score (nSPS) is 10.5. The molecule has 1 heterocycles. The number of nitrogens with zero attached hydrogens (tertiary/aromatic N) is 2. The van der Waals surface area contributed by atoms with Crippen LogP contribution in [0, 0.1) is 0 Å². The van der Waals surface area contributed by atoms with Gasteiger partial charge in [-0.15, -0.1) is 10.2 Å². The van der Waals surface area contributed by atoms with Crippen LogP contribution >= 0.6 is 11.6 Å². The fraction of sp³-hybridized carbons (Fsp3) is 0.0625. The highest BCUT2D eigenvalue weighted by atomic mass is 35.5. The van der Waals surface area contributed by atoms with E-state index in [1.54, 1.807) is 48.5 Å². The summed E-state index contributed by atoms with van der Waals surface area (Å²) in [5.74, 6) is 0.820. The van der Waals surface area contributed by atoms with E-state index in [4.69, 9.17) is 26.5 Å². The van der Waals surface area contributed by atoms with Crippen LogP contribution in [0.5, 0.6) is 5.75 Å². The molecule has 0 spiro atoms. The molecule has 2 aromatic carbocycles. The van der Waals surface area contributed by atoms with E-state index in [1.807, 2.05) is 0 Å². The van der Waals surface area contributed by atoms with Gasteiger partial charge in [-0.05, 0) is 48.5 Å². The summed E-state index contributed by atoms with van der Waals surface area (Å²) in [4.78, 5) is 11.0. The fourth-order valence-electron chi connectivity index (χ4n) is 1.88. The summed E-state index contributed by atoms with van der Waals surface area (Å²) in [5.41, 5.74) is 6.37. The van der Waals surface area contributed by atoms with Gasteiger partial charge in [0.15, 0.2) is 6.61 Å². The van der Waals surface area contributed by atoms with E-state index in [9.17, 15) is 4.79 Å². The third-order valence-corrected chi connectivity index (χ3v) is 3.31. The summed E-state index contributed by atoms with van der Waals surface area (Å²) >= 11 is 5.84. The Bertz CT molecular complexity index is 813. The molecule has 0 unspecified atom stereocenters. The molecule has 0 fully saturated rings. The summed E-state index contributed by atoms with van der Waals surface area (Å²) < 4.78 is 11.1.